The Morgan fingerprint density at radius 2 is 1.53 bits per heavy atom. The highest BCUT2D eigenvalue weighted by Gasteiger charge is 2.19. The highest BCUT2D eigenvalue weighted by molar-refractivity contribution is 5.78. The normalized spacial score (nSPS) is 11.8. The molecule has 3 N–H and O–H groups in total. The zero-order valence-electron chi connectivity index (χ0n) is 21.5. The Balaban J connectivity index is 1.44. The van der Waals surface area contributed by atoms with Crippen LogP contribution in [0.3, 0.4) is 0 Å². The summed E-state index contributed by atoms with van der Waals surface area (Å²) in [5.41, 5.74) is 8.05. The summed E-state index contributed by atoms with van der Waals surface area (Å²) in [5, 5.41) is 12.1. The quantitative estimate of drug-likeness (QED) is 0.199. The summed E-state index contributed by atoms with van der Waals surface area (Å²) in [7, 11) is 0. The minimum absolute atomic E-state index is 0.0435. The summed E-state index contributed by atoms with van der Waals surface area (Å²) < 4.78 is 16.1. The second kappa shape index (κ2) is 12.5. The van der Waals surface area contributed by atoms with E-state index in [1.54, 1.807) is 31.5 Å². The van der Waals surface area contributed by atoms with Crippen molar-refractivity contribution in [2.75, 3.05) is 6.54 Å². The van der Waals surface area contributed by atoms with Gasteiger partial charge in [0.25, 0.3) is 0 Å². The molecule has 6 nitrogen and oxygen atoms in total. The number of amides is 2. The molecule has 0 radical (unpaired) electrons. The van der Waals surface area contributed by atoms with Crippen LogP contribution in [-0.4, -0.2) is 28.1 Å². The van der Waals surface area contributed by atoms with E-state index in [4.69, 9.17) is 5.21 Å². The van der Waals surface area contributed by atoms with E-state index < -0.39 is 11.8 Å². The number of hydroxylamine groups is 1. The molecule has 0 aliphatic rings. The average Bonchev–Trinajstić information content (AvgIpc) is 3.19. The van der Waals surface area contributed by atoms with Crippen LogP contribution in [0, 0.1) is 39.4 Å². The van der Waals surface area contributed by atoms with Crippen molar-refractivity contribution >= 4 is 11.8 Å². The number of rotatable bonds is 11. The molecule has 0 spiro atoms. The van der Waals surface area contributed by atoms with Crippen LogP contribution in [0.15, 0.2) is 48.5 Å². The molecular formula is C29H36FN3O3. The summed E-state index contributed by atoms with van der Waals surface area (Å²) in [6.45, 7) is 8.05. The van der Waals surface area contributed by atoms with Gasteiger partial charge in [-0.25, -0.2) is 9.87 Å². The van der Waals surface area contributed by atoms with Crippen LogP contribution in [-0.2, 0) is 22.4 Å². The Hall–Kier alpha value is -3.45. The highest BCUT2D eigenvalue weighted by Crippen LogP contribution is 2.21. The third-order valence-corrected chi connectivity index (χ3v) is 6.59. The Morgan fingerprint density at radius 1 is 0.917 bits per heavy atom. The molecule has 0 saturated heterocycles. The van der Waals surface area contributed by atoms with Gasteiger partial charge in [0, 0.05) is 29.5 Å². The third kappa shape index (κ3) is 7.04. The number of nitrogens with one attached hydrogen (secondary N) is 2. The van der Waals surface area contributed by atoms with Gasteiger partial charge in [-0.15, -0.1) is 0 Å². The monoisotopic (exact) mass is 493 g/mol. The molecule has 3 aromatic rings. The van der Waals surface area contributed by atoms with Gasteiger partial charge in [0.05, 0.1) is 6.42 Å². The summed E-state index contributed by atoms with van der Waals surface area (Å²) in [6, 6.07) is 15.7. The minimum Gasteiger partial charge on any atom is -0.356 e. The molecular weight excluding hydrogens is 457 g/mol. The van der Waals surface area contributed by atoms with E-state index in [0.29, 0.717) is 49.8 Å². The van der Waals surface area contributed by atoms with Crippen molar-refractivity contribution in [2.24, 2.45) is 5.92 Å². The smallest absolute Gasteiger partial charge is 0.246 e. The second-order valence-electron chi connectivity index (χ2n) is 9.56. The second-order valence-corrected chi connectivity index (χ2v) is 9.56. The maximum atomic E-state index is 13.9. The number of aromatic nitrogens is 1. The number of aryl methyl sites for hydroxylation is 4. The van der Waals surface area contributed by atoms with Crippen molar-refractivity contribution in [3.05, 3.63) is 88.0 Å². The zero-order chi connectivity index (χ0) is 26.2. The molecule has 1 atom stereocenters. The summed E-state index contributed by atoms with van der Waals surface area (Å²) in [5.74, 6) is -1.16. The predicted molar refractivity (Wildman–Crippen MR) is 139 cm³/mol. The Bertz CT molecular complexity index is 1160. The van der Waals surface area contributed by atoms with E-state index in [1.807, 2.05) is 24.3 Å². The molecule has 0 aliphatic heterocycles. The average molecular weight is 494 g/mol. The molecule has 0 bridgehead atoms. The molecule has 1 aromatic heterocycles. The van der Waals surface area contributed by atoms with Gasteiger partial charge in [-0.05, 0) is 93.5 Å². The number of unbranched alkanes of at least 4 members (excludes halogenated alkanes) is 1. The van der Waals surface area contributed by atoms with Crippen molar-refractivity contribution in [3.63, 3.8) is 0 Å². The molecule has 0 saturated carbocycles. The number of halogens is 1. The van der Waals surface area contributed by atoms with E-state index in [9.17, 15) is 14.0 Å². The Labute approximate surface area is 212 Å². The summed E-state index contributed by atoms with van der Waals surface area (Å²) in [4.78, 5) is 24.5. The number of nitrogens with zero attached hydrogens (tertiary/aromatic N) is 1. The van der Waals surface area contributed by atoms with Crippen LogP contribution in [0.1, 0.15) is 52.9 Å². The maximum Gasteiger partial charge on any atom is 0.246 e. The molecule has 3 rings (SSSR count). The summed E-state index contributed by atoms with van der Waals surface area (Å²) in [6.07, 6.45) is 2.70. The van der Waals surface area contributed by atoms with Crippen LogP contribution < -0.4 is 10.8 Å². The van der Waals surface area contributed by atoms with Crippen LogP contribution in [0.2, 0.25) is 0 Å². The van der Waals surface area contributed by atoms with E-state index in [1.165, 1.54) is 11.4 Å². The first-order valence-corrected chi connectivity index (χ1v) is 12.4. The van der Waals surface area contributed by atoms with Crippen LogP contribution >= 0.6 is 0 Å². The van der Waals surface area contributed by atoms with Crippen molar-refractivity contribution in [1.82, 2.24) is 15.4 Å². The van der Waals surface area contributed by atoms with Crippen molar-refractivity contribution in [3.8, 4) is 5.69 Å². The first-order valence-electron chi connectivity index (χ1n) is 12.4. The van der Waals surface area contributed by atoms with Gasteiger partial charge in [0.1, 0.15) is 5.82 Å². The van der Waals surface area contributed by atoms with Gasteiger partial charge in [0.15, 0.2) is 0 Å². The van der Waals surface area contributed by atoms with Crippen molar-refractivity contribution in [1.29, 1.82) is 0 Å². The number of benzene rings is 2. The first kappa shape index (κ1) is 27.1. The number of carbonyl (C=O) groups is 2. The fourth-order valence-electron chi connectivity index (χ4n) is 4.69. The minimum atomic E-state index is -0.451. The molecule has 0 fully saturated rings. The van der Waals surface area contributed by atoms with E-state index >= 15 is 0 Å². The fourth-order valence-corrected chi connectivity index (χ4v) is 4.69. The molecule has 2 aromatic carbocycles. The lowest BCUT2D eigenvalue weighted by molar-refractivity contribution is -0.133. The SMILES string of the molecule is Cc1cc(C[C@H](CCCCNC(=O)Cc2ccc(-n3c(C)ccc3C)cc2)C(=O)NO)cc(C)c1F. The first-order chi connectivity index (χ1) is 17.2. The van der Waals surface area contributed by atoms with Gasteiger partial charge in [0.2, 0.25) is 11.8 Å². The third-order valence-electron chi connectivity index (χ3n) is 6.59. The molecule has 0 unspecified atom stereocenters. The lowest BCUT2D eigenvalue weighted by Crippen LogP contribution is -2.30. The van der Waals surface area contributed by atoms with E-state index in [-0.39, 0.29) is 11.7 Å². The van der Waals surface area contributed by atoms with E-state index in [0.717, 1.165) is 16.8 Å². The molecule has 36 heavy (non-hydrogen) atoms. The van der Waals surface area contributed by atoms with Crippen molar-refractivity contribution in [2.45, 2.75) is 59.8 Å². The van der Waals surface area contributed by atoms with Gasteiger partial charge >= 0.3 is 0 Å². The standard InChI is InChI=1S/C29H36FN3O3/c1-19-15-24(16-20(2)28(19)30)17-25(29(35)32-36)7-5-6-14-31-27(34)18-23-10-12-26(13-11-23)33-21(3)8-9-22(33)4/h8-13,15-16,25,36H,5-7,14,17-18H2,1-4H3,(H,31,34)(H,32,35)/t25-/m0/s1. The number of hydrogen-bond acceptors (Lipinski definition) is 3. The van der Waals surface area contributed by atoms with E-state index in [2.05, 4.69) is 35.9 Å². The van der Waals surface area contributed by atoms with Gasteiger partial charge in [-0.2, -0.15) is 0 Å². The van der Waals surface area contributed by atoms with Gasteiger partial charge in [-0.1, -0.05) is 30.7 Å². The fraction of sp³-hybridized carbons (Fsp3) is 0.379. The van der Waals surface area contributed by atoms with Crippen LogP contribution in [0.5, 0.6) is 0 Å². The Morgan fingerprint density at radius 3 is 2.11 bits per heavy atom. The maximum absolute atomic E-state index is 13.9. The number of hydrogen-bond donors (Lipinski definition) is 3. The number of carbonyl (C=O) groups excluding carboxylic acids is 2. The van der Waals surface area contributed by atoms with Gasteiger partial charge < -0.3 is 9.88 Å². The lowest BCUT2D eigenvalue weighted by atomic mass is 9.91. The van der Waals surface area contributed by atoms with Crippen LogP contribution in [0.4, 0.5) is 4.39 Å². The predicted octanol–water partition coefficient (Wildman–Crippen LogP) is 5.04. The lowest BCUT2D eigenvalue weighted by Gasteiger charge is -2.16. The molecule has 1 heterocycles. The molecule has 0 aliphatic carbocycles. The molecule has 192 valence electrons. The van der Waals surface area contributed by atoms with Crippen LogP contribution in [0.25, 0.3) is 5.69 Å². The Kier molecular flexibility index (Phi) is 9.42. The zero-order valence-corrected chi connectivity index (χ0v) is 21.5. The van der Waals surface area contributed by atoms with Crippen molar-refractivity contribution < 1.29 is 19.2 Å². The summed E-state index contributed by atoms with van der Waals surface area (Å²) >= 11 is 0. The largest absolute Gasteiger partial charge is 0.356 e. The molecule has 2 amide bonds. The van der Waals surface area contributed by atoms with Gasteiger partial charge in [-0.3, -0.25) is 14.8 Å². The topological polar surface area (TPSA) is 83.4 Å². The molecule has 7 heteroatoms. The highest BCUT2D eigenvalue weighted by atomic mass is 19.1.